The van der Waals surface area contributed by atoms with Crippen LogP contribution in [0.3, 0.4) is 0 Å². The van der Waals surface area contributed by atoms with Crippen LogP contribution in [0.1, 0.15) is 85.7 Å². The van der Waals surface area contributed by atoms with E-state index in [0.29, 0.717) is 12.1 Å². The zero-order valence-corrected chi connectivity index (χ0v) is 37.5. The Balaban J connectivity index is 1.14. The summed E-state index contributed by atoms with van der Waals surface area (Å²) in [7, 11) is 0. The van der Waals surface area contributed by atoms with Crippen LogP contribution in [0.2, 0.25) is 0 Å². The van der Waals surface area contributed by atoms with Gasteiger partial charge in [-0.3, -0.25) is 34.3 Å². The molecule has 3 aromatic carbocycles. The molecule has 0 unspecified atom stereocenters. The van der Waals surface area contributed by atoms with Crippen LogP contribution in [-0.4, -0.2) is 92.6 Å². The number of nitrogens with one attached hydrogen (secondary N) is 6. The number of nitrogens with zero attached hydrogens (tertiary/aromatic N) is 2. The van der Waals surface area contributed by atoms with Crippen LogP contribution in [0.5, 0.6) is 0 Å². The Morgan fingerprint density at radius 3 is 2.00 bits per heavy atom. The molecule has 2 aromatic heterocycles. The lowest BCUT2D eigenvalue weighted by atomic mass is 9.95. The molecule has 1 aliphatic rings. The molecule has 6 atom stereocenters. The van der Waals surface area contributed by atoms with Crippen molar-refractivity contribution in [1.29, 1.82) is 0 Å². The van der Waals surface area contributed by atoms with E-state index in [1.54, 1.807) is 19.1 Å². The first-order chi connectivity index (χ1) is 31.8. The molecule has 7 N–H and O–H groups in total. The third-order valence-corrected chi connectivity index (χ3v) is 11.7. The standard InChI is InChI=1S/C50H58N8O8/c1-5-31(4)45(49(64)58-46(61)39-21-13-14-22-52-39)57-44(60)26-43(59)40(23-30(2)3)54-48(63)42(25-33-27-51-29-53-33)55-47(62)41(24-32-15-7-6-8-16-32)56-50(65)66-28-38-36-19-11-9-17-34(36)35-18-10-12-20-37(35)38/h6-22,27,29-31,38,40-43,45,59H,5,23-26,28H2,1-4H3,(H,51,53)(H,54,63)(H,55,62)(H,56,65)(H,57,60)(H,58,61,64)/t31-,40-,41-,42-,43-,45-/m0/s1. The lowest BCUT2D eigenvalue weighted by molar-refractivity contribution is -0.132. The molecule has 2 heterocycles. The zero-order chi connectivity index (χ0) is 47.2. The highest BCUT2D eigenvalue weighted by atomic mass is 16.5. The van der Waals surface area contributed by atoms with Gasteiger partial charge in [0, 0.05) is 36.8 Å². The van der Waals surface area contributed by atoms with Gasteiger partial charge in [-0.2, -0.15) is 0 Å². The molecule has 16 heteroatoms. The van der Waals surface area contributed by atoms with E-state index in [1.807, 2.05) is 99.6 Å². The highest BCUT2D eigenvalue weighted by Gasteiger charge is 2.34. The van der Waals surface area contributed by atoms with Crippen LogP contribution >= 0.6 is 0 Å². The number of benzene rings is 3. The number of rotatable bonds is 21. The van der Waals surface area contributed by atoms with Crippen LogP contribution in [0.25, 0.3) is 11.1 Å². The summed E-state index contributed by atoms with van der Waals surface area (Å²) >= 11 is 0. The Morgan fingerprint density at radius 2 is 1.38 bits per heavy atom. The third kappa shape index (κ3) is 13.0. The maximum Gasteiger partial charge on any atom is 0.407 e. The van der Waals surface area contributed by atoms with Crippen molar-refractivity contribution in [2.45, 2.75) is 96.0 Å². The Bertz CT molecular complexity index is 2390. The number of pyridine rings is 1. The van der Waals surface area contributed by atoms with Gasteiger partial charge in [-0.25, -0.2) is 9.78 Å². The fourth-order valence-electron chi connectivity index (χ4n) is 8.06. The van der Waals surface area contributed by atoms with Crippen molar-refractivity contribution < 1.29 is 38.6 Å². The van der Waals surface area contributed by atoms with Gasteiger partial charge in [0.25, 0.3) is 5.91 Å². The van der Waals surface area contributed by atoms with E-state index in [9.17, 15) is 33.9 Å². The summed E-state index contributed by atoms with van der Waals surface area (Å²) in [5.74, 6) is -4.10. The molecule has 6 rings (SSSR count). The van der Waals surface area contributed by atoms with Crippen molar-refractivity contribution in [1.82, 2.24) is 41.5 Å². The van der Waals surface area contributed by atoms with Gasteiger partial charge >= 0.3 is 6.09 Å². The molecule has 346 valence electrons. The summed E-state index contributed by atoms with van der Waals surface area (Å²) < 4.78 is 5.81. The van der Waals surface area contributed by atoms with E-state index in [-0.39, 0.29) is 49.3 Å². The van der Waals surface area contributed by atoms with Gasteiger partial charge in [-0.05, 0) is 58.2 Å². The van der Waals surface area contributed by atoms with Crippen LogP contribution in [0.4, 0.5) is 4.79 Å². The van der Waals surface area contributed by atoms with Gasteiger partial charge in [-0.1, -0.05) is 119 Å². The third-order valence-electron chi connectivity index (χ3n) is 11.7. The molecule has 5 aromatic rings. The SMILES string of the molecule is CC[C@H](C)[C@H](NC(=O)C[C@H](O)[C@H](CC(C)C)NC(=O)[C@H](Cc1cnc[nH]1)NC(=O)[C@H](Cc1ccccc1)NC(=O)OCC1c2ccccc2-c2ccccc21)C(=O)NC(=O)c1ccccn1. The van der Waals surface area contributed by atoms with Gasteiger partial charge < -0.3 is 36.1 Å². The number of aliphatic hydroxyl groups excluding tert-OH is 1. The normalized spacial score (nSPS) is 14.6. The average Bonchev–Trinajstić information content (AvgIpc) is 3.95. The summed E-state index contributed by atoms with van der Waals surface area (Å²) in [6.45, 7) is 7.39. The van der Waals surface area contributed by atoms with Gasteiger partial charge in [0.15, 0.2) is 0 Å². The molecule has 16 nitrogen and oxygen atoms in total. The van der Waals surface area contributed by atoms with Crippen molar-refractivity contribution in [3.63, 3.8) is 0 Å². The monoisotopic (exact) mass is 898 g/mol. The number of imidazole rings is 1. The van der Waals surface area contributed by atoms with Crippen LogP contribution in [0.15, 0.2) is 116 Å². The second-order valence-electron chi connectivity index (χ2n) is 17.0. The van der Waals surface area contributed by atoms with E-state index >= 15 is 0 Å². The number of amides is 6. The highest BCUT2D eigenvalue weighted by molar-refractivity contribution is 6.06. The number of hydrogen-bond donors (Lipinski definition) is 7. The number of H-pyrrole nitrogens is 1. The van der Waals surface area contributed by atoms with E-state index in [2.05, 4.69) is 41.5 Å². The van der Waals surface area contributed by atoms with Crippen molar-refractivity contribution in [2.75, 3.05) is 6.61 Å². The quantitative estimate of drug-likeness (QED) is 0.0534. The smallest absolute Gasteiger partial charge is 0.407 e. The molecule has 0 spiro atoms. The summed E-state index contributed by atoms with van der Waals surface area (Å²) in [6, 6.07) is 25.3. The van der Waals surface area contributed by atoms with Gasteiger partial charge in [0.05, 0.1) is 24.9 Å². The number of aliphatic hydroxyl groups is 1. The minimum Gasteiger partial charge on any atom is -0.449 e. The van der Waals surface area contributed by atoms with Crippen molar-refractivity contribution in [2.24, 2.45) is 11.8 Å². The van der Waals surface area contributed by atoms with Crippen LogP contribution < -0.4 is 26.6 Å². The molecular weight excluding hydrogens is 841 g/mol. The van der Waals surface area contributed by atoms with Crippen molar-refractivity contribution >= 4 is 35.6 Å². The molecule has 0 aliphatic heterocycles. The van der Waals surface area contributed by atoms with E-state index in [0.717, 1.165) is 27.8 Å². The first-order valence-corrected chi connectivity index (χ1v) is 22.3. The zero-order valence-electron chi connectivity index (χ0n) is 37.5. The molecule has 0 bridgehead atoms. The number of alkyl carbamates (subject to hydrolysis) is 1. The number of hydrogen-bond acceptors (Lipinski definition) is 10. The topological polar surface area (TPSA) is 234 Å². The maximum atomic E-state index is 14.3. The number of carbonyl (C=O) groups is 6. The van der Waals surface area contributed by atoms with Crippen LogP contribution in [0, 0.1) is 11.8 Å². The van der Waals surface area contributed by atoms with Crippen molar-refractivity contribution in [3.8, 4) is 11.1 Å². The lowest BCUT2D eigenvalue weighted by Gasteiger charge is -2.29. The first-order valence-electron chi connectivity index (χ1n) is 22.3. The summed E-state index contributed by atoms with van der Waals surface area (Å²) in [4.78, 5) is 92.6. The Morgan fingerprint density at radius 1 is 0.742 bits per heavy atom. The molecule has 0 saturated carbocycles. The molecular formula is C50H58N8O8. The van der Waals surface area contributed by atoms with Crippen LogP contribution in [-0.2, 0) is 36.8 Å². The summed E-state index contributed by atoms with van der Waals surface area (Å²) in [5, 5.41) is 24.9. The number of fused-ring (bicyclic) bond motifs is 3. The maximum absolute atomic E-state index is 14.3. The average molecular weight is 899 g/mol. The summed E-state index contributed by atoms with van der Waals surface area (Å²) in [6.07, 6.45) is 2.43. The minimum atomic E-state index is -1.42. The lowest BCUT2D eigenvalue weighted by Crippen LogP contribution is -2.58. The molecule has 0 radical (unpaired) electrons. The second-order valence-corrected chi connectivity index (χ2v) is 17.0. The van der Waals surface area contributed by atoms with E-state index in [4.69, 9.17) is 4.74 Å². The Hall–Kier alpha value is -7.20. The predicted octanol–water partition coefficient (Wildman–Crippen LogP) is 4.75. The largest absolute Gasteiger partial charge is 0.449 e. The van der Waals surface area contributed by atoms with Gasteiger partial charge in [0.2, 0.25) is 23.6 Å². The second kappa shape index (κ2) is 23.1. The molecule has 0 fully saturated rings. The summed E-state index contributed by atoms with van der Waals surface area (Å²) in [5.41, 5.74) is 5.52. The number of imide groups is 1. The minimum absolute atomic E-state index is 0.0269. The van der Waals surface area contributed by atoms with Crippen molar-refractivity contribution in [3.05, 3.63) is 144 Å². The highest BCUT2D eigenvalue weighted by Crippen LogP contribution is 2.44. The van der Waals surface area contributed by atoms with Gasteiger partial charge in [-0.15, -0.1) is 0 Å². The number of aromatic amines is 1. The van der Waals surface area contributed by atoms with E-state index in [1.165, 1.54) is 24.8 Å². The molecule has 1 aliphatic carbocycles. The predicted molar refractivity (Wildman–Crippen MR) is 246 cm³/mol. The fraction of sp³-hybridized carbons (Fsp3) is 0.360. The Kier molecular flexibility index (Phi) is 16.9. The molecule has 6 amide bonds. The number of ether oxygens (including phenoxy) is 1. The first kappa shape index (κ1) is 48.3. The molecule has 0 saturated heterocycles. The van der Waals surface area contributed by atoms with Gasteiger partial charge in [0.1, 0.15) is 30.4 Å². The Labute approximate surface area is 384 Å². The number of carbonyl (C=O) groups excluding carboxylic acids is 6. The van der Waals surface area contributed by atoms with E-state index < -0.39 is 72.3 Å². The molecule has 66 heavy (non-hydrogen) atoms. The fourth-order valence-corrected chi connectivity index (χ4v) is 8.06. The number of aromatic nitrogens is 3.